The summed E-state index contributed by atoms with van der Waals surface area (Å²) >= 11 is 9.32. The smallest absolute Gasteiger partial charge is 0.255 e. The molecule has 0 spiro atoms. The van der Waals surface area contributed by atoms with Crippen molar-refractivity contribution < 1.29 is 9.21 Å². The maximum absolute atomic E-state index is 12.2. The molecule has 0 bridgehead atoms. The third-order valence-corrected chi connectivity index (χ3v) is 3.67. The van der Waals surface area contributed by atoms with E-state index in [1.807, 2.05) is 19.1 Å². The first-order chi connectivity index (χ1) is 9.88. The molecule has 1 heterocycles. The molecule has 1 unspecified atom stereocenters. The molecule has 2 aromatic rings. The fraction of sp³-hybridized carbons (Fsp3) is 0.267. The normalized spacial score (nSPS) is 12.0. The van der Waals surface area contributed by atoms with Crippen LogP contribution < -0.4 is 5.32 Å². The van der Waals surface area contributed by atoms with E-state index in [1.54, 1.807) is 32.3 Å². The lowest BCUT2D eigenvalue weighted by Gasteiger charge is -2.18. The molecule has 6 heteroatoms. The molecule has 0 saturated carbocycles. The topological polar surface area (TPSA) is 45.5 Å². The molecule has 0 fully saturated rings. The molecule has 1 amide bonds. The molecule has 0 aliphatic heterocycles. The minimum absolute atomic E-state index is 0.0815. The van der Waals surface area contributed by atoms with Gasteiger partial charge in [-0.25, -0.2) is 0 Å². The zero-order valence-electron chi connectivity index (χ0n) is 12.0. The molecule has 1 aromatic carbocycles. The summed E-state index contributed by atoms with van der Waals surface area (Å²) in [5.41, 5.74) is 1.25. The van der Waals surface area contributed by atoms with E-state index in [9.17, 15) is 4.79 Å². The molecule has 1 atom stereocenters. The number of nitrogens with zero attached hydrogens (tertiary/aromatic N) is 1. The number of carbonyl (C=O) groups excluding carboxylic acids is 1. The monoisotopic (exact) mass is 370 g/mol. The lowest BCUT2D eigenvalue weighted by atomic mass is 10.1. The van der Waals surface area contributed by atoms with Gasteiger partial charge in [-0.15, -0.1) is 0 Å². The average molecular weight is 372 g/mol. The number of halogens is 2. The van der Waals surface area contributed by atoms with E-state index in [4.69, 9.17) is 16.0 Å². The van der Waals surface area contributed by atoms with E-state index in [0.717, 1.165) is 5.76 Å². The summed E-state index contributed by atoms with van der Waals surface area (Å²) in [5.74, 6) is 0.687. The van der Waals surface area contributed by atoms with Gasteiger partial charge in [-0.05, 0) is 53.2 Å². The van der Waals surface area contributed by atoms with Gasteiger partial charge in [-0.3, -0.25) is 4.79 Å². The van der Waals surface area contributed by atoms with E-state index < -0.39 is 0 Å². The van der Waals surface area contributed by atoms with Crippen molar-refractivity contribution in [2.45, 2.75) is 13.0 Å². The number of nitrogens with one attached hydrogen (secondary N) is 1. The Bertz CT molecular complexity index is 655. The van der Waals surface area contributed by atoms with Crippen molar-refractivity contribution in [3.63, 3.8) is 0 Å². The maximum Gasteiger partial charge on any atom is 0.255 e. The van der Waals surface area contributed by atoms with Crippen LogP contribution in [0.4, 0.5) is 5.69 Å². The Morgan fingerprint density at radius 3 is 2.62 bits per heavy atom. The summed E-state index contributed by atoms with van der Waals surface area (Å²) in [6, 6.07) is 8.78. The minimum Gasteiger partial charge on any atom is -0.452 e. The Morgan fingerprint density at radius 1 is 1.33 bits per heavy atom. The van der Waals surface area contributed by atoms with Crippen LogP contribution in [-0.4, -0.2) is 24.9 Å². The van der Waals surface area contributed by atoms with Gasteiger partial charge in [0.05, 0.1) is 11.6 Å². The van der Waals surface area contributed by atoms with Gasteiger partial charge >= 0.3 is 0 Å². The predicted octanol–water partition coefficient (Wildman–Crippen LogP) is 4.57. The number of hydrogen-bond acceptors (Lipinski definition) is 3. The first kappa shape index (κ1) is 15.9. The zero-order chi connectivity index (χ0) is 15.6. The van der Waals surface area contributed by atoms with Crippen LogP contribution in [0, 0.1) is 0 Å². The van der Waals surface area contributed by atoms with Gasteiger partial charge in [0.15, 0.2) is 4.67 Å². The van der Waals surface area contributed by atoms with Crippen molar-refractivity contribution in [1.29, 1.82) is 0 Å². The van der Waals surface area contributed by atoms with Crippen molar-refractivity contribution in [3.8, 4) is 0 Å². The van der Waals surface area contributed by atoms with E-state index in [0.29, 0.717) is 20.9 Å². The molecule has 0 aliphatic rings. The maximum atomic E-state index is 12.2. The number of benzene rings is 1. The first-order valence-corrected chi connectivity index (χ1v) is 7.58. The van der Waals surface area contributed by atoms with Crippen LogP contribution in [-0.2, 0) is 0 Å². The number of rotatable bonds is 4. The van der Waals surface area contributed by atoms with Crippen LogP contribution >= 0.6 is 27.5 Å². The second-order valence-corrected chi connectivity index (χ2v) is 6.12. The van der Waals surface area contributed by atoms with Crippen molar-refractivity contribution in [2.75, 3.05) is 19.4 Å². The van der Waals surface area contributed by atoms with Gasteiger partial charge in [-0.1, -0.05) is 11.6 Å². The zero-order valence-corrected chi connectivity index (χ0v) is 14.3. The van der Waals surface area contributed by atoms with Crippen LogP contribution in [0.15, 0.2) is 39.4 Å². The average Bonchev–Trinajstić information content (AvgIpc) is 2.85. The molecule has 1 N–H and O–H groups in total. The molecule has 21 heavy (non-hydrogen) atoms. The van der Waals surface area contributed by atoms with Gasteiger partial charge in [0.1, 0.15) is 5.76 Å². The van der Waals surface area contributed by atoms with Crippen molar-refractivity contribution in [3.05, 3.63) is 51.3 Å². The van der Waals surface area contributed by atoms with Gasteiger partial charge in [0.2, 0.25) is 0 Å². The lowest BCUT2D eigenvalue weighted by Crippen LogP contribution is -2.23. The molecule has 112 valence electrons. The van der Waals surface area contributed by atoms with Crippen LogP contribution in [0.3, 0.4) is 0 Å². The van der Waals surface area contributed by atoms with E-state index in [2.05, 4.69) is 21.2 Å². The van der Waals surface area contributed by atoms with Crippen LogP contribution in [0.5, 0.6) is 0 Å². The van der Waals surface area contributed by atoms with E-state index >= 15 is 0 Å². The second kappa shape index (κ2) is 6.54. The minimum atomic E-state index is -0.0940. The third kappa shape index (κ3) is 3.80. The number of hydrogen-bond donors (Lipinski definition) is 1. The lowest BCUT2D eigenvalue weighted by molar-refractivity contribution is 0.0828. The first-order valence-electron chi connectivity index (χ1n) is 6.41. The second-order valence-electron chi connectivity index (χ2n) is 4.90. The van der Waals surface area contributed by atoms with Crippen LogP contribution in [0.2, 0.25) is 5.02 Å². The van der Waals surface area contributed by atoms with Crippen molar-refractivity contribution in [1.82, 2.24) is 4.90 Å². The molecule has 0 aliphatic carbocycles. The van der Waals surface area contributed by atoms with Gasteiger partial charge < -0.3 is 14.6 Å². The number of carbonyl (C=O) groups is 1. The molecular formula is C15H16BrClN2O2. The molecule has 2 rings (SSSR count). The molecular weight excluding hydrogens is 356 g/mol. The number of amides is 1. The highest BCUT2D eigenvalue weighted by molar-refractivity contribution is 9.10. The summed E-state index contributed by atoms with van der Waals surface area (Å²) in [6.45, 7) is 1.95. The Morgan fingerprint density at radius 2 is 2.05 bits per heavy atom. The third-order valence-electron chi connectivity index (χ3n) is 3.01. The molecule has 4 nitrogen and oxygen atoms in total. The summed E-state index contributed by atoms with van der Waals surface area (Å²) in [5, 5.41) is 3.84. The van der Waals surface area contributed by atoms with Gasteiger partial charge in [-0.2, -0.15) is 0 Å². The Hall–Kier alpha value is -1.46. The van der Waals surface area contributed by atoms with Gasteiger partial charge in [0.25, 0.3) is 5.91 Å². The van der Waals surface area contributed by atoms with E-state index in [-0.39, 0.29) is 11.9 Å². The summed E-state index contributed by atoms with van der Waals surface area (Å²) in [4.78, 5) is 13.7. The molecule has 0 saturated heterocycles. The highest BCUT2D eigenvalue weighted by Gasteiger charge is 2.17. The van der Waals surface area contributed by atoms with Gasteiger partial charge in [0, 0.05) is 24.8 Å². The molecule has 1 aromatic heterocycles. The van der Waals surface area contributed by atoms with Crippen molar-refractivity contribution in [2.24, 2.45) is 0 Å². The fourth-order valence-corrected chi connectivity index (χ4v) is 2.42. The summed E-state index contributed by atoms with van der Waals surface area (Å²) in [6.07, 6.45) is 0. The molecule has 0 radical (unpaired) electrons. The largest absolute Gasteiger partial charge is 0.452 e. The number of furan rings is 1. The Kier molecular flexibility index (Phi) is 4.96. The summed E-state index contributed by atoms with van der Waals surface area (Å²) in [7, 11) is 3.43. The van der Waals surface area contributed by atoms with Crippen molar-refractivity contribution >= 4 is 39.1 Å². The predicted molar refractivity (Wildman–Crippen MR) is 87.9 cm³/mol. The van der Waals surface area contributed by atoms with Crippen LogP contribution in [0.25, 0.3) is 0 Å². The fourth-order valence-electron chi connectivity index (χ4n) is 1.93. The van der Waals surface area contributed by atoms with Crippen LogP contribution in [0.1, 0.15) is 29.1 Å². The number of anilines is 1. The highest BCUT2D eigenvalue weighted by atomic mass is 79.9. The SMILES string of the molecule is CC(Nc1cc(Cl)ccc1C(=O)N(C)C)c1ccc(Br)o1. The Balaban J connectivity index is 2.30. The summed E-state index contributed by atoms with van der Waals surface area (Å²) < 4.78 is 6.19. The Labute approximate surface area is 137 Å². The highest BCUT2D eigenvalue weighted by Crippen LogP contribution is 2.28. The van der Waals surface area contributed by atoms with E-state index in [1.165, 1.54) is 4.90 Å². The standard InChI is InChI=1S/C15H16BrClN2O2/c1-9(13-6-7-14(16)21-13)18-12-8-10(17)4-5-11(12)15(20)19(2)3/h4-9,18H,1-3H3. The quantitative estimate of drug-likeness (QED) is 0.856.